The number of halogens is 1. The van der Waals surface area contributed by atoms with Crippen LogP contribution in [0, 0.1) is 12.7 Å². The Labute approximate surface area is 85.8 Å². The molecule has 1 aliphatic heterocycles. The highest BCUT2D eigenvalue weighted by Gasteiger charge is 2.17. The SMILES string of the molecule is Cc1cc2c(cc1F)OCC(C(=O)O)=C2. The van der Waals surface area contributed by atoms with Gasteiger partial charge in [0.1, 0.15) is 18.2 Å². The number of carboxylic acids is 1. The second-order valence-corrected chi connectivity index (χ2v) is 3.40. The van der Waals surface area contributed by atoms with Gasteiger partial charge in [0.05, 0.1) is 5.57 Å². The fourth-order valence-electron chi connectivity index (χ4n) is 1.43. The molecule has 1 heterocycles. The van der Waals surface area contributed by atoms with Gasteiger partial charge in [0.2, 0.25) is 0 Å². The molecule has 1 aromatic carbocycles. The van der Waals surface area contributed by atoms with Crippen molar-refractivity contribution >= 4 is 12.0 Å². The lowest BCUT2D eigenvalue weighted by Crippen LogP contribution is -2.14. The highest BCUT2D eigenvalue weighted by molar-refractivity contribution is 5.93. The Morgan fingerprint density at radius 2 is 2.27 bits per heavy atom. The van der Waals surface area contributed by atoms with Crippen molar-refractivity contribution in [1.82, 2.24) is 0 Å². The van der Waals surface area contributed by atoms with Gasteiger partial charge in [-0.1, -0.05) is 0 Å². The zero-order valence-electron chi connectivity index (χ0n) is 8.08. The van der Waals surface area contributed by atoms with Crippen LogP contribution in [-0.4, -0.2) is 17.7 Å². The Kier molecular flexibility index (Phi) is 2.19. The Morgan fingerprint density at radius 3 is 2.93 bits per heavy atom. The highest BCUT2D eigenvalue weighted by atomic mass is 19.1. The lowest BCUT2D eigenvalue weighted by Gasteiger charge is -2.16. The van der Waals surface area contributed by atoms with Gasteiger partial charge in [-0.05, 0) is 24.6 Å². The lowest BCUT2D eigenvalue weighted by atomic mass is 10.0. The van der Waals surface area contributed by atoms with Gasteiger partial charge < -0.3 is 9.84 Å². The molecule has 0 radical (unpaired) electrons. The van der Waals surface area contributed by atoms with Gasteiger partial charge in [-0.15, -0.1) is 0 Å². The quantitative estimate of drug-likeness (QED) is 0.767. The van der Waals surface area contributed by atoms with Crippen LogP contribution in [0.5, 0.6) is 5.75 Å². The van der Waals surface area contributed by atoms with Crippen molar-refractivity contribution in [3.8, 4) is 5.75 Å². The van der Waals surface area contributed by atoms with E-state index in [-0.39, 0.29) is 18.0 Å². The molecule has 1 N–H and O–H groups in total. The van der Waals surface area contributed by atoms with Crippen LogP contribution >= 0.6 is 0 Å². The lowest BCUT2D eigenvalue weighted by molar-refractivity contribution is -0.132. The number of carbonyl (C=O) groups is 1. The maximum atomic E-state index is 13.1. The molecular formula is C11H9FO3. The predicted molar refractivity (Wildman–Crippen MR) is 52.2 cm³/mol. The number of benzene rings is 1. The summed E-state index contributed by atoms with van der Waals surface area (Å²) in [6.45, 7) is 1.60. The molecule has 1 aliphatic rings. The van der Waals surface area contributed by atoms with Gasteiger partial charge in [-0.25, -0.2) is 9.18 Å². The third-order valence-electron chi connectivity index (χ3n) is 2.28. The first-order valence-electron chi connectivity index (χ1n) is 4.45. The number of aryl methyl sites for hydroxylation is 1. The van der Waals surface area contributed by atoms with E-state index in [1.807, 2.05) is 0 Å². The van der Waals surface area contributed by atoms with E-state index >= 15 is 0 Å². The van der Waals surface area contributed by atoms with E-state index in [0.717, 1.165) is 0 Å². The highest BCUT2D eigenvalue weighted by Crippen LogP contribution is 2.28. The number of rotatable bonds is 1. The molecule has 0 amide bonds. The zero-order valence-corrected chi connectivity index (χ0v) is 8.08. The van der Waals surface area contributed by atoms with Crippen molar-refractivity contribution < 1.29 is 19.0 Å². The van der Waals surface area contributed by atoms with Crippen molar-refractivity contribution in [2.75, 3.05) is 6.61 Å². The van der Waals surface area contributed by atoms with Gasteiger partial charge in [0.25, 0.3) is 0 Å². The summed E-state index contributed by atoms with van der Waals surface area (Å²) in [5, 5.41) is 8.77. The Morgan fingerprint density at radius 1 is 1.53 bits per heavy atom. The Bertz CT molecular complexity index is 463. The number of hydrogen-bond donors (Lipinski definition) is 1. The molecule has 0 bridgehead atoms. The number of hydrogen-bond acceptors (Lipinski definition) is 2. The van der Waals surface area contributed by atoms with Gasteiger partial charge in [0, 0.05) is 11.6 Å². The normalized spacial score (nSPS) is 13.9. The van der Waals surface area contributed by atoms with E-state index in [0.29, 0.717) is 16.9 Å². The minimum absolute atomic E-state index is 0.0230. The van der Waals surface area contributed by atoms with Crippen LogP contribution in [0.1, 0.15) is 11.1 Å². The molecule has 15 heavy (non-hydrogen) atoms. The van der Waals surface area contributed by atoms with Crippen molar-refractivity contribution in [3.63, 3.8) is 0 Å². The van der Waals surface area contributed by atoms with Gasteiger partial charge in [-0.3, -0.25) is 0 Å². The van der Waals surface area contributed by atoms with Crippen LogP contribution in [0.15, 0.2) is 17.7 Å². The summed E-state index contributed by atoms with van der Waals surface area (Å²) in [6, 6.07) is 2.85. The molecular weight excluding hydrogens is 199 g/mol. The Hall–Kier alpha value is -1.84. The summed E-state index contributed by atoms with van der Waals surface area (Å²) in [4.78, 5) is 10.7. The fourth-order valence-corrected chi connectivity index (χ4v) is 1.43. The summed E-state index contributed by atoms with van der Waals surface area (Å²) in [5.41, 5.74) is 1.26. The maximum Gasteiger partial charge on any atom is 0.335 e. The molecule has 0 atom stereocenters. The van der Waals surface area contributed by atoms with Gasteiger partial charge in [-0.2, -0.15) is 0 Å². The molecule has 0 saturated heterocycles. The van der Waals surface area contributed by atoms with Crippen molar-refractivity contribution in [2.45, 2.75) is 6.92 Å². The minimum Gasteiger partial charge on any atom is -0.488 e. The smallest absolute Gasteiger partial charge is 0.335 e. The van der Waals surface area contributed by atoms with Crippen LogP contribution < -0.4 is 4.74 Å². The van der Waals surface area contributed by atoms with Crippen molar-refractivity contribution in [2.24, 2.45) is 0 Å². The summed E-state index contributed by atoms with van der Waals surface area (Å²) in [5.74, 6) is -0.966. The molecule has 0 saturated carbocycles. The van der Waals surface area contributed by atoms with E-state index < -0.39 is 5.97 Å². The summed E-state index contributed by atoms with van der Waals surface area (Å²) in [6.07, 6.45) is 1.51. The fraction of sp³-hybridized carbons (Fsp3) is 0.182. The monoisotopic (exact) mass is 208 g/mol. The first-order valence-corrected chi connectivity index (χ1v) is 4.45. The number of ether oxygens (including phenoxy) is 1. The van der Waals surface area contributed by atoms with Gasteiger partial charge in [0.15, 0.2) is 0 Å². The molecule has 2 rings (SSSR count). The summed E-state index contributed by atoms with van der Waals surface area (Å²) >= 11 is 0. The minimum atomic E-state index is -1.01. The molecule has 0 spiro atoms. The van der Waals surface area contributed by atoms with E-state index in [1.165, 1.54) is 12.1 Å². The second kappa shape index (κ2) is 3.38. The second-order valence-electron chi connectivity index (χ2n) is 3.40. The molecule has 0 aromatic heterocycles. The first kappa shape index (κ1) is 9.71. The van der Waals surface area contributed by atoms with E-state index in [9.17, 15) is 9.18 Å². The van der Waals surface area contributed by atoms with Crippen LogP contribution in [0.4, 0.5) is 4.39 Å². The number of carboxylic acid groups (broad SMARTS) is 1. The van der Waals surface area contributed by atoms with Crippen LogP contribution in [0.25, 0.3) is 6.08 Å². The standard InChI is InChI=1S/C11H9FO3/c1-6-2-7-3-8(11(13)14)5-15-10(7)4-9(6)12/h2-4H,5H2,1H3,(H,13,14). The first-order chi connectivity index (χ1) is 7.08. The number of aliphatic carboxylic acids is 1. The average molecular weight is 208 g/mol. The van der Waals surface area contributed by atoms with Crippen molar-refractivity contribution in [3.05, 3.63) is 34.6 Å². The Balaban J connectivity index is 2.51. The topological polar surface area (TPSA) is 46.5 Å². The number of fused-ring (bicyclic) bond motifs is 1. The van der Waals surface area contributed by atoms with Crippen LogP contribution in [-0.2, 0) is 4.79 Å². The largest absolute Gasteiger partial charge is 0.488 e. The molecule has 1 aromatic rings. The third-order valence-corrected chi connectivity index (χ3v) is 2.28. The molecule has 0 aliphatic carbocycles. The third kappa shape index (κ3) is 1.70. The van der Waals surface area contributed by atoms with E-state index in [1.54, 1.807) is 13.0 Å². The molecule has 3 nitrogen and oxygen atoms in total. The average Bonchev–Trinajstić information content (AvgIpc) is 2.19. The molecule has 0 fully saturated rings. The van der Waals surface area contributed by atoms with Gasteiger partial charge >= 0.3 is 5.97 Å². The predicted octanol–water partition coefficient (Wildman–Crippen LogP) is 1.99. The van der Waals surface area contributed by atoms with Crippen molar-refractivity contribution in [1.29, 1.82) is 0 Å². The summed E-state index contributed by atoms with van der Waals surface area (Å²) < 4.78 is 18.3. The molecule has 4 heteroatoms. The van der Waals surface area contributed by atoms with Crippen LogP contribution in [0.3, 0.4) is 0 Å². The zero-order chi connectivity index (χ0) is 11.0. The molecule has 0 unspecified atom stereocenters. The van der Waals surface area contributed by atoms with E-state index in [4.69, 9.17) is 9.84 Å². The summed E-state index contributed by atoms with van der Waals surface area (Å²) in [7, 11) is 0. The van der Waals surface area contributed by atoms with Crippen LogP contribution in [0.2, 0.25) is 0 Å². The maximum absolute atomic E-state index is 13.1. The van der Waals surface area contributed by atoms with E-state index in [2.05, 4.69) is 0 Å². The molecule has 78 valence electrons.